The number of ether oxygens (including phenoxy) is 1. The number of hydrogen-bond donors (Lipinski definition) is 1. The van der Waals surface area contributed by atoms with Gasteiger partial charge in [-0.1, -0.05) is 41.7 Å². The summed E-state index contributed by atoms with van der Waals surface area (Å²) in [5.74, 6) is 7.92. The number of nitrogen functional groups attached to an aromatic ring is 1. The maximum atomic E-state index is 12.0. The Labute approximate surface area is 156 Å². The van der Waals surface area contributed by atoms with Gasteiger partial charge in [-0.3, -0.25) is 4.79 Å². The maximum absolute atomic E-state index is 12.0. The first-order chi connectivity index (χ1) is 12.2. The molecular weight excluding hydrogens is 358 g/mol. The van der Waals surface area contributed by atoms with E-state index in [1.54, 1.807) is 4.90 Å². The molecule has 2 N–H and O–H groups in total. The lowest BCUT2D eigenvalue weighted by atomic mass is 10.3. The Balaban J connectivity index is 1.77. The van der Waals surface area contributed by atoms with Crippen LogP contribution in [0.4, 0.5) is 0 Å². The molecule has 0 atom stereocenters. The molecule has 0 bridgehead atoms. The molecule has 0 spiro atoms. The molecule has 2 aromatic rings. The molecule has 1 amide bonds. The highest BCUT2D eigenvalue weighted by molar-refractivity contribution is 8.00. The third-order valence-corrected chi connectivity index (χ3v) is 5.24. The number of rotatable bonds is 10. The second-order valence-corrected chi connectivity index (χ2v) is 7.00. The molecular formula is C16H23N5O2S2. The first-order valence-corrected chi connectivity index (χ1v) is 10.0. The fraction of sp³-hybridized carbons (Fsp3) is 0.438. The van der Waals surface area contributed by atoms with Gasteiger partial charge < -0.3 is 15.5 Å². The zero-order valence-electron chi connectivity index (χ0n) is 14.4. The van der Waals surface area contributed by atoms with E-state index < -0.39 is 0 Å². The van der Waals surface area contributed by atoms with Crippen molar-refractivity contribution in [3.05, 3.63) is 30.3 Å². The van der Waals surface area contributed by atoms with Gasteiger partial charge in [-0.25, -0.2) is 4.68 Å². The number of hydrogen-bond acceptors (Lipinski definition) is 7. The van der Waals surface area contributed by atoms with Crippen LogP contribution >= 0.6 is 23.5 Å². The second kappa shape index (κ2) is 10.2. The molecule has 136 valence electrons. The molecule has 0 saturated heterocycles. The van der Waals surface area contributed by atoms with Crippen molar-refractivity contribution in [3.8, 4) is 5.75 Å². The molecule has 7 nitrogen and oxygen atoms in total. The predicted molar refractivity (Wildman–Crippen MR) is 101 cm³/mol. The number of nitrogens with zero attached hydrogens (tertiary/aromatic N) is 4. The molecule has 0 aliphatic carbocycles. The van der Waals surface area contributed by atoms with Crippen LogP contribution in [0.2, 0.25) is 0 Å². The maximum Gasteiger partial charge on any atom is 0.233 e. The van der Waals surface area contributed by atoms with Crippen LogP contribution in [0.5, 0.6) is 5.75 Å². The summed E-state index contributed by atoms with van der Waals surface area (Å²) in [6.45, 7) is 5.87. The Morgan fingerprint density at radius 1 is 1.16 bits per heavy atom. The van der Waals surface area contributed by atoms with E-state index in [-0.39, 0.29) is 5.91 Å². The van der Waals surface area contributed by atoms with E-state index in [0.717, 1.165) is 5.75 Å². The number of benzene rings is 1. The molecule has 2 rings (SSSR count). The van der Waals surface area contributed by atoms with E-state index in [1.165, 1.54) is 28.2 Å². The van der Waals surface area contributed by atoms with Crippen molar-refractivity contribution in [1.82, 2.24) is 19.8 Å². The lowest BCUT2D eigenvalue weighted by Crippen LogP contribution is -2.32. The van der Waals surface area contributed by atoms with Gasteiger partial charge in [-0.2, -0.15) is 0 Å². The molecule has 1 heterocycles. The highest BCUT2D eigenvalue weighted by Gasteiger charge is 2.15. The Hall–Kier alpha value is -1.87. The van der Waals surface area contributed by atoms with Crippen molar-refractivity contribution in [2.45, 2.75) is 24.2 Å². The lowest BCUT2D eigenvalue weighted by molar-refractivity contribution is -0.127. The van der Waals surface area contributed by atoms with Crippen LogP contribution in [-0.4, -0.2) is 56.9 Å². The molecule has 25 heavy (non-hydrogen) atoms. The van der Waals surface area contributed by atoms with E-state index in [2.05, 4.69) is 10.2 Å². The molecule has 0 aliphatic heterocycles. The first kappa shape index (κ1) is 19.5. The lowest BCUT2D eigenvalue weighted by Gasteiger charge is -2.17. The fourth-order valence-corrected chi connectivity index (χ4v) is 3.55. The second-order valence-electron chi connectivity index (χ2n) is 5.00. The van der Waals surface area contributed by atoms with Crippen molar-refractivity contribution in [2.24, 2.45) is 0 Å². The minimum atomic E-state index is 0.0727. The van der Waals surface area contributed by atoms with Crippen molar-refractivity contribution in [1.29, 1.82) is 0 Å². The van der Waals surface area contributed by atoms with Gasteiger partial charge in [0.25, 0.3) is 0 Å². The fourth-order valence-electron chi connectivity index (χ4n) is 2.06. The Morgan fingerprint density at radius 2 is 1.80 bits per heavy atom. The zero-order valence-corrected chi connectivity index (χ0v) is 16.1. The van der Waals surface area contributed by atoms with Gasteiger partial charge in [-0.15, -0.1) is 10.2 Å². The average Bonchev–Trinajstić information content (AvgIpc) is 2.99. The topological polar surface area (TPSA) is 86.3 Å². The minimum absolute atomic E-state index is 0.0727. The highest BCUT2D eigenvalue weighted by Crippen LogP contribution is 2.21. The van der Waals surface area contributed by atoms with Gasteiger partial charge >= 0.3 is 0 Å². The normalized spacial score (nSPS) is 10.6. The monoisotopic (exact) mass is 381 g/mol. The quantitative estimate of drug-likeness (QED) is 0.383. The van der Waals surface area contributed by atoms with Crippen molar-refractivity contribution >= 4 is 29.4 Å². The van der Waals surface area contributed by atoms with Crippen LogP contribution in [0.25, 0.3) is 0 Å². The number of nitrogens with two attached hydrogens (primary N) is 1. The Bertz CT molecular complexity index is 662. The molecule has 1 aromatic heterocycles. The molecule has 9 heteroatoms. The van der Waals surface area contributed by atoms with Crippen molar-refractivity contribution < 1.29 is 9.53 Å². The third kappa shape index (κ3) is 5.86. The summed E-state index contributed by atoms with van der Waals surface area (Å²) < 4.78 is 7.05. The molecule has 1 aromatic carbocycles. The molecule has 0 fully saturated rings. The average molecular weight is 382 g/mol. The van der Waals surface area contributed by atoms with E-state index in [9.17, 15) is 4.79 Å². The smallest absolute Gasteiger partial charge is 0.233 e. The molecule has 0 radical (unpaired) electrons. The first-order valence-electron chi connectivity index (χ1n) is 8.07. The molecule has 0 saturated carbocycles. The van der Waals surface area contributed by atoms with Crippen LogP contribution in [0.15, 0.2) is 40.6 Å². The van der Waals surface area contributed by atoms with Gasteiger partial charge in [0.2, 0.25) is 16.2 Å². The predicted octanol–water partition coefficient (Wildman–Crippen LogP) is 2.12. The zero-order chi connectivity index (χ0) is 18.1. The standard InChI is InChI=1S/C16H23N5O2S2/c1-3-20(4-2)14(22)12-25-16-19-18-15(21(16)17)24-11-10-23-13-8-6-5-7-9-13/h5-9H,3-4,10-12,17H2,1-2H3. The summed E-state index contributed by atoms with van der Waals surface area (Å²) in [5, 5.41) is 9.27. The van der Waals surface area contributed by atoms with Gasteiger partial charge in [0.1, 0.15) is 5.75 Å². The highest BCUT2D eigenvalue weighted by atomic mass is 32.2. The van der Waals surface area contributed by atoms with Crippen LogP contribution < -0.4 is 10.6 Å². The molecule has 0 aliphatic rings. The van der Waals surface area contributed by atoms with Crippen LogP contribution in [0.3, 0.4) is 0 Å². The van der Waals surface area contributed by atoms with Crippen LogP contribution in [0, 0.1) is 0 Å². The van der Waals surface area contributed by atoms with Crippen molar-refractivity contribution in [2.75, 3.05) is 37.0 Å². The van der Waals surface area contributed by atoms with Gasteiger partial charge in [0.15, 0.2) is 0 Å². The number of carbonyl (C=O) groups is 1. The van der Waals surface area contributed by atoms with E-state index in [0.29, 0.717) is 41.5 Å². The summed E-state index contributed by atoms with van der Waals surface area (Å²) in [4.78, 5) is 13.8. The number of carbonyl (C=O) groups excluding carboxylic acids is 1. The third-order valence-electron chi connectivity index (χ3n) is 3.40. The van der Waals surface area contributed by atoms with Gasteiger partial charge in [0.05, 0.1) is 12.4 Å². The summed E-state index contributed by atoms with van der Waals surface area (Å²) in [6.07, 6.45) is 0. The number of aromatic nitrogens is 3. The summed E-state index contributed by atoms with van der Waals surface area (Å²) >= 11 is 2.77. The Morgan fingerprint density at radius 3 is 2.44 bits per heavy atom. The van der Waals surface area contributed by atoms with Crippen LogP contribution in [-0.2, 0) is 4.79 Å². The van der Waals surface area contributed by atoms with E-state index >= 15 is 0 Å². The number of thioether (sulfide) groups is 2. The number of para-hydroxylation sites is 1. The minimum Gasteiger partial charge on any atom is -0.493 e. The van der Waals surface area contributed by atoms with E-state index in [1.807, 2.05) is 44.2 Å². The summed E-state index contributed by atoms with van der Waals surface area (Å²) in [6, 6.07) is 9.64. The molecule has 0 unspecified atom stereocenters. The number of amides is 1. The summed E-state index contributed by atoms with van der Waals surface area (Å²) in [5.41, 5.74) is 0. The summed E-state index contributed by atoms with van der Waals surface area (Å²) in [7, 11) is 0. The van der Waals surface area contributed by atoms with Crippen molar-refractivity contribution in [3.63, 3.8) is 0 Å². The van der Waals surface area contributed by atoms with E-state index in [4.69, 9.17) is 10.6 Å². The largest absolute Gasteiger partial charge is 0.493 e. The Kier molecular flexibility index (Phi) is 7.93. The van der Waals surface area contributed by atoms with Gasteiger partial charge in [0, 0.05) is 18.8 Å². The van der Waals surface area contributed by atoms with Crippen LogP contribution in [0.1, 0.15) is 13.8 Å². The van der Waals surface area contributed by atoms with Gasteiger partial charge in [-0.05, 0) is 26.0 Å². The SMILES string of the molecule is CCN(CC)C(=O)CSc1nnc(SCCOc2ccccc2)n1N.